The molecule has 0 radical (unpaired) electrons. The van der Waals surface area contributed by atoms with Crippen LogP contribution in [-0.2, 0) is 0 Å². The maximum Gasteiger partial charge on any atom is 0.193 e. The summed E-state index contributed by atoms with van der Waals surface area (Å²) in [5, 5.41) is 9.36. The number of benzene rings is 4. The third-order valence-corrected chi connectivity index (χ3v) is 5.26. The van der Waals surface area contributed by atoms with Gasteiger partial charge in [-0.15, -0.1) is 0 Å². The number of carbonyl (C=O) groups is 3. The normalized spacial score (nSPS) is 10.5. The predicted octanol–water partition coefficient (Wildman–Crippen LogP) is 5.39. The maximum absolute atomic E-state index is 12.8. The van der Waals surface area contributed by atoms with Gasteiger partial charge in [-0.1, -0.05) is 78.4 Å². The molecule has 0 aliphatic heterocycles. The number of carbonyl (C=O) groups excluding carboxylic acids is 3. The second kappa shape index (κ2) is 8.82. The Hall–Kier alpha value is -4.31. The molecule has 4 rings (SSSR count). The first-order chi connectivity index (χ1) is 15.4. The molecular weight excluding hydrogens is 400 g/mol. The van der Waals surface area contributed by atoms with E-state index in [4.69, 9.17) is 0 Å². The van der Waals surface area contributed by atoms with Gasteiger partial charge < -0.3 is 5.11 Å². The minimum absolute atomic E-state index is 0.0917. The van der Waals surface area contributed by atoms with E-state index in [1.54, 1.807) is 72.8 Å². The molecule has 0 aliphatic carbocycles. The summed E-state index contributed by atoms with van der Waals surface area (Å²) in [5.41, 5.74) is 4.01. The molecular formula is C28H20O4. The van der Waals surface area contributed by atoms with E-state index in [1.807, 2.05) is 19.1 Å². The summed E-state index contributed by atoms with van der Waals surface area (Å²) in [6, 6.07) is 26.4. The van der Waals surface area contributed by atoms with Gasteiger partial charge in [0.05, 0.1) is 0 Å². The van der Waals surface area contributed by atoms with E-state index in [1.165, 1.54) is 12.1 Å². The molecule has 4 aromatic rings. The zero-order chi connectivity index (χ0) is 22.7. The minimum atomic E-state index is -0.192. The topological polar surface area (TPSA) is 71.4 Å². The second-order valence-electron chi connectivity index (χ2n) is 7.55. The standard InChI is InChI=1S/C28H20O4/c1-18-2-4-19(5-3-18)26(30)20-6-8-21(9-7-20)27(31)22-10-12-23(13-11-22)28(32)24-14-16-25(29)17-15-24/h2-17,29H,1H3. The van der Waals surface area contributed by atoms with Crippen molar-refractivity contribution in [2.75, 3.05) is 0 Å². The molecule has 0 amide bonds. The van der Waals surface area contributed by atoms with Gasteiger partial charge in [-0.2, -0.15) is 0 Å². The average molecular weight is 420 g/mol. The third kappa shape index (κ3) is 4.40. The van der Waals surface area contributed by atoms with Crippen molar-refractivity contribution in [2.45, 2.75) is 6.92 Å². The Kier molecular flexibility index (Phi) is 5.77. The van der Waals surface area contributed by atoms with Crippen molar-refractivity contribution in [1.82, 2.24) is 0 Å². The van der Waals surface area contributed by atoms with Crippen LogP contribution in [0, 0.1) is 6.92 Å². The Bertz CT molecular complexity index is 1180. The van der Waals surface area contributed by atoms with Crippen molar-refractivity contribution in [3.63, 3.8) is 0 Å². The van der Waals surface area contributed by atoms with Crippen molar-refractivity contribution >= 4 is 17.3 Å². The van der Waals surface area contributed by atoms with E-state index in [0.29, 0.717) is 33.4 Å². The van der Waals surface area contributed by atoms with Crippen molar-refractivity contribution in [3.8, 4) is 5.75 Å². The Morgan fingerprint density at radius 3 is 0.938 bits per heavy atom. The summed E-state index contributed by atoms with van der Waals surface area (Å²) < 4.78 is 0. The molecule has 0 unspecified atom stereocenters. The lowest BCUT2D eigenvalue weighted by molar-refractivity contribution is 0.102. The number of ketones is 3. The van der Waals surface area contributed by atoms with Crippen LogP contribution in [0.25, 0.3) is 0 Å². The minimum Gasteiger partial charge on any atom is -0.508 e. The SMILES string of the molecule is Cc1ccc(C(=O)c2ccc(C(=O)c3ccc(C(=O)c4ccc(O)cc4)cc3)cc2)cc1. The highest BCUT2D eigenvalue weighted by Gasteiger charge is 2.14. The predicted molar refractivity (Wildman–Crippen MR) is 122 cm³/mol. The van der Waals surface area contributed by atoms with Gasteiger partial charge in [0.15, 0.2) is 17.3 Å². The molecule has 0 fully saturated rings. The number of phenols is 1. The van der Waals surface area contributed by atoms with Gasteiger partial charge >= 0.3 is 0 Å². The lowest BCUT2D eigenvalue weighted by Crippen LogP contribution is -2.06. The van der Waals surface area contributed by atoms with Crippen molar-refractivity contribution in [2.24, 2.45) is 0 Å². The van der Waals surface area contributed by atoms with Gasteiger partial charge in [-0.05, 0) is 31.2 Å². The van der Waals surface area contributed by atoms with Gasteiger partial charge in [0.25, 0.3) is 0 Å². The summed E-state index contributed by atoms with van der Waals surface area (Å²) in [5.74, 6) is -0.388. The molecule has 4 aromatic carbocycles. The fourth-order valence-electron chi connectivity index (χ4n) is 3.36. The lowest BCUT2D eigenvalue weighted by atomic mass is 9.96. The highest BCUT2D eigenvalue weighted by Crippen LogP contribution is 2.18. The molecule has 0 heterocycles. The number of aromatic hydroxyl groups is 1. The van der Waals surface area contributed by atoms with Crippen LogP contribution in [0.15, 0.2) is 97.1 Å². The molecule has 0 bridgehead atoms. The van der Waals surface area contributed by atoms with E-state index in [2.05, 4.69) is 0 Å². The monoisotopic (exact) mass is 420 g/mol. The highest BCUT2D eigenvalue weighted by molar-refractivity contribution is 6.13. The zero-order valence-corrected chi connectivity index (χ0v) is 17.4. The van der Waals surface area contributed by atoms with Crippen LogP contribution in [0.3, 0.4) is 0 Å². The van der Waals surface area contributed by atoms with Crippen LogP contribution < -0.4 is 0 Å². The van der Waals surface area contributed by atoms with E-state index in [-0.39, 0.29) is 23.1 Å². The first kappa shape index (κ1) is 20.9. The molecule has 1 N–H and O–H groups in total. The summed E-state index contributed by atoms with van der Waals surface area (Å²) in [7, 11) is 0. The highest BCUT2D eigenvalue weighted by atomic mass is 16.3. The largest absolute Gasteiger partial charge is 0.508 e. The van der Waals surface area contributed by atoms with E-state index in [9.17, 15) is 19.5 Å². The quantitative estimate of drug-likeness (QED) is 0.424. The molecule has 0 spiro atoms. The summed E-state index contributed by atoms with van der Waals surface area (Å²) >= 11 is 0. The molecule has 4 heteroatoms. The Labute approximate surface area is 185 Å². The maximum atomic E-state index is 12.8. The third-order valence-electron chi connectivity index (χ3n) is 5.26. The van der Waals surface area contributed by atoms with E-state index in [0.717, 1.165) is 5.56 Å². The molecule has 0 saturated carbocycles. The Morgan fingerprint density at radius 2 is 0.656 bits per heavy atom. The lowest BCUT2D eigenvalue weighted by Gasteiger charge is -2.06. The molecule has 0 saturated heterocycles. The Morgan fingerprint density at radius 1 is 0.438 bits per heavy atom. The van der Waals surface area contributed by atoms with Gasteiger partial charge in [-0.3, -0.25) is 14.4 Å². The van der Waals surface area contributed by atoms with Gasteiger partial charge in [-0.25, -0.2) is 0 Å². The van der Waals surface area contributed by atoms with E-state index < -0.39 is 0 Å². The Balaban J connectivity index is 1.49. The van der Waals surface area contributed by atoms with Crippen LogP contribution in [0.5, 0.6) is 5.75 Å². The van der Waals surface area contributed by atoms with E-state index >= 15 is 0 Å². The smallest absolute Gasteiger partial charge is 0.193 e. The second-order valence-corrected chi connectivity index (χ2v) is 7.55. The first-order valence-corrected chi connectivity index (χ1v) is 10.1. The number of phenolic OH excluding ortho intramolecular Hbond substituents is 1. The van der Waals surface area contributed by atoms with Crippen LogP contribution in [0.2, 0.25) is 0 Å². The van der Waals surface area contributed by atoms with Crippen molar-refractivity contribution in [1.29, 1.82) is 0 Å². The van der Waals surface area contributed by atoms with Gasteiger partial charge in [0, 0.05) is 33.4 Å². The average Bonchev–Trinajstić information content (AvgIpc) is 2.84. The first-order valence-electron chi connectivity index (χ1n) is 10.1. The molecule has 156 valence electrons. The van der Waals surface area contributed by atoms with Crippen LogP contribution in [-0.4, -0.2) is 22.5 Å². The number of aryl methyl sites for hydroxylation is 1. The zero-order valence-electron chi connectivity index (χ0n) is 17.4. The molecule has 0 aromatic heterocycles. The number of rotatable bonds is 6. The summed E-state index contributed by atoms with van der Waals surface area (Å²) in [6.45, 7) is 1.96. The fourth-order valence-corrected chi connectivity index (χ4v) is 3.36. The van der Waals surface area contributed by atoms with Crippen molar-refractivity contribution in [3.05, 3.63) is 136 Å². The summed E-state index contributed by atoms with van der Waals surface area (Å²) in [4.78, 5) is 38.0. The molecule has 4 nitrogen and oxygen atoms in total. The van der Waals surface area contributed by atoms with Crippen molar-refractivity contribution < 1.29 is 19.5 Å². The summed E-state index contributed by atoms with van der Waals surface area (Å²) in [6.07, 6.45) is 0. The molecule has 32 heavy (non-hydrogen) atoms. The molecule has 0 aliphatic rings. The van der Waals surface area contributed by atoms with Gasteiger partial charge in [0.1, 0.15) is 5.75 Å². The number of hydrogen-bond acceptors (Lipinski definition) is 4. The van der Waals surface area contributed by atoms with Gasteiger partial charge in [0.2, 0.25) is 0 Å². The fraction of sp³-hybridized carbons (Fsp3) is 0.0357. The van der Waals surface area contributed by atoms with Crippen LogP contribution in [0.1, 0.15) is 53.3 Å². The molecule has 0 atom stereocenters. The number of hydrogen-bond donors (Lipinski definition) is 1. The van der Waals surface area contributed by atoms with Crippen LogP contribution >= 0.6 is 0 Å². The van der Waals surface area contributed by atoms with Crippen LogP contribution in [0.4, 0.5) is 0 Å².